The quantitative estimate of drug-likeness (QED) is 0.847. The molecule has 20 heavy (non-hydrogen) atoms. The summed E-state index contributed by atoms with van der Waals surface area (Å²) in [5, 5.41) is 3.55. The molecule has 1 aliphatic rings. The summed E-state index contributed by atoms with van der Waals surface area (Å²) in [6, 6.07) is 17.6. The normalized spacial score (nSPS) is 22.7. The minimum Gasteiger partial charge on any atom is -0.316 e. The van der Waals surface area contributed by atoms with Crippen LogP contribution in [0.25, 0.3) is 0 Å². The fraction of sp³-hybridized carbons (Fsp3) is 0.333. The number of piperidine rings is 1. The molecule has 1 aliphatic heterocycles. The second kappa shape index (κ2) is 6.11. The molecule has 2 aromatic rings. The Labute approximate surface area is 129 Å². The summed E-state index contributed by atoms with van der Waals surface area (Å²) in [6.45, 7) is 4.35. The molecule has 1 heterocycles. The average molecular weight is 330 g/mol. The number of benzene rings is 2. The number of nitrogens with one attached hydrogen (secondary N) is 1. The van der Waals surface area contributed by atoms with E-state index in [2.05, 4.69) is 76.7 Å². The van der Waals surface area contributed by atoms with Crippen molar-refractivity contribution in [1.29, 1.82) is 0 Å². The Kier molecular flexibility index (Phi) is 4.23. The van der Waals surface area contributed by atoms with E-state index >= 15 is 0 Å². The maximum absolute atomic E-state index is 3.72. The maximum atomic E-state index is 3.72. The van der Waals surface area contributed by atoms with E-state index in [0.29, 0.717) is 11.8 Å². The Morgan fingerprint density at radius 2 is 1.90 bits per heavy atom. The Hall–Kier alpha value is -1.12. The van der Waals surface area contributed by atoms with Crippen LogP contribution in [-0.2, 0) is 0 Å². The van der Waals surface area contributed by atoms with Crippen LogP contribution < -0.4 is 5.32 Å². The van der Waals surface area contributed by atoms with E-state index in [4.69, 9.17) is 0 Å². The first-order chi connectivity index (χ1) is 9.75. The van der Waals surface area contributed by atoms with Gasteiger partial charge >= 0.3 is 0 Å². The molecule has 1 saturated heterocycles. The molecular weight excluding hydrogens is 310 g/mol. The third-order valence-electron chi connectivity index (χ3n) is 4.26. The van der Waals surface area contributed by atoms with Gasteiger partial charge in [0.25, 0.3) is 0 Å². The molecule has 104 valence electrons. The van der Waals surface area contributed by atoms with Gasteiger partial charge < -0.3 is 5.32 Å². The molecule has 2 aromatic carbocycles. The zero-order chi connectivity index (χ0) is 13.9. The van der Waals surface area contributed by atoms with Crippen molar-refractivity contribution in [3.8, 4) is 0 Å². The Morgan fingerprint density at radius 1 is 1.05 bits per heavy atom. The summed E-state index contributed by atoms with van der Waals surface area (Å²) < 4.78 is 1.23. The Bertz CT molecular complexity index is 593. The molecule has 3 rings (SSSR count). The first-order valence-corrected chi connectivity index (χ1v) is 8.06. The van der Waals surface area contributed by atoms with Crippen LogP contribution in [0.3, 0.4) is 0 Å². The van der Waals surface area contributed by atoms with Crippen LogP contribution in [0.1, 0.15) is 34.9 Å². The lowest BCUT2D eigenvalue weighted by Gasteiger charge is -2.33. The van der Waals surface area contributed by atoms with Crippen molar-refractivity contribution in [2.45, 2.75) is 25.2 Å². The van der Waals surface area contributed by atoms with Crippen molar-refractivity contribution in [2.75, 3.05) is 13.1 Å². The highest BCUT2D eigenvalue weighted by atomic mass is 79.9. The lowest BCUT2D eigenvalue weighted by molar-refractivity contribution is 0.403. The molecule has 2 unspecified atom stereocenters. The van der Waals surface area contributed by atoms with Crippen LogP contribution in [0.15, 0.2) is 53.0 Å². The first-order valence-electron chi connectivity index (χ1n) is 7.27. The molecule has 0 radical (unpaired) electrons. The van der Waals surface area contributed by atoms with E-state index < -0.39 is 0 Å². The zero-order valence-corrected chi connectivity index (χ0v) is 13.4. The molecule has 1 N–H and O–H groups in total. The molecule has 0 aromatic heterocycles. The summed E-state index contributed by atoms with van der Waals surface area (Å²) in [5.74, 6) is 1.15. The zero-order valence-electron chi connectivity index (χ0n) is 11.8. The van der Waals surface area contributed by atoms with Gasteiger partial charge in [-0.1, -0.05) is 64.0 Å². The predicted octanol–water partition coefficient (Wildman–Crippen LogP) is 4.62. The van der Waals surface area contributed by atoms with Crippen molar-refractivity contribution >= 4 is 15.9 Å². The number of hydrogen-bond donors (Lipinski definition) is 1. The van der Waals surface area contributed by atoms with Crippen LogP contribution in [-0.4, -0.2) is 13.1 Å². The Morgan fingerprint density at radius 3 is 2.70 bits per heavy atom. The highest BCUT2D eigenvalue weighted by Crippen LogP contribution is 2.40. The molecule has 0 amide bonds. The minimum atomic E-state index is 0.543. The van der Waals surface area contributed by atoms with E-state index in [1.807, 2.05) is 0 Å². The standard InChI is InChI=1S/C18H20BrN/c1-13-5-4-6-14(11-13)15-9-10-20-12-17(15)16-7-2-3-8-18(16)19/h2-8,11,15,17,20H,9-10,12H2,1H3. The fourth-order valence-electron chi connectivity index (χ4n) is 3.26. The molecule has 0 spiro atoms. The third-order valence-corrected chi connectivity index (χ3v) is 4.98. The molecule has 1 fully saturated rings. The van der Waals surface area contributed by atoms with Crippen molar-refractivity contribution in [2.24, 2.45) is 0 Å². The van der Waals surface area contributed by atoms with Gasteiger partial charge in [-0.3, -0.25) is 0 Å². The topological polar surface area (TPSA) is 12.0 Å². The number of halogens is 1. The summed E-state index contributed by atoms with van der Waals surface area (Å²) in [4.78, 5) is 0. The summed E-state index contributed by atoms with van der Waals surface area (Å²) >= 11 is 3.72. The van der Waals surface area contributed by atoms with Crippen molar-refractivity contribution in [3.63, 3.8) is 0 Å². The molecule has 0 saturated carbocycles. The monoisotopic (exact) mass is 329 g/mol. The molecule has 2 atom stereocenters. The largest absolute Gasteiger partial charge is 0.316 e. The van der Waals surface area contributed by atoms with Gasteiger partial charge in [0.2, 0.25) is 0 Å². The summed E-state index contributed by atoms with van der Waals surface area (Å²) in [6.07, 6.45) is 1.20. The van der Waals surface area contributed by atoms with Gasteiger partial charge in [0.15, 0.2) is 0 Å². The van der Waals surface area contributed by atoms with Gasteiger partial charge in [0.1, 0.15) is 0 Å². The first kappa shape index (κ1) is 13.8. The van der Waals surface area contributed by atoms with E-state index in [0.717, 1.165) is 13.1 Å². The number of aryl methyl sites for hydroxylation is 1. The molecule has 1 nitrogen and oxygen atoms in total. The van der Waals surface area contributed by atoms with Gasteiger partial charge in [0, 0.05) is 16.9 Å². The predicted molar refractivity (Wildman–Crippen MR) is 88.3 cm³/mol. The Balaban J connectivity index is 1.98. The highest BCUT2D eigenvalue weighted by molar-refractivity contribution is 9.10. The van der Waals surface area contributed by atoms with Gasteiger partial charge in [-0.05, 0) is 43.0 Å². The molecule has 0 aliphatic carbocycles. The second-order valence-corrected chi connectivity index (χ2v) is 6.50. The maximum Gasteiger partial charge on any atom is 0.0210 e. The fourth-order valence-corrected chi connectivity index (χ4v) is 3.84. The number of hydrogen-bond acceptors (Lipinski definition) is 1. The van der Waals surface area contributed by atoms with Crippen LogP contribution >= 0.6 is 15.9 Å². The minimum absolute atomic E-state index is 0.543. The number of rotatable bonds is 2. The van der Waals surface area contributed by atoms with Gasteiger partial charge in [0.05, 0.1) is 0 Å². The smallest absolute Gasteiger partial charge is 0.0210 e. The van der Waals surface area contributed by atoms with E-state index in [-0.39, 0.29) is 0 Å². The third kappa shape index (κ3) is 2.82. The van der Waals surface area contributed by atoms with Crippen LogP contribution in [0.5, 0.6) is 0 Å². The molecule has 2 heteroatoms. The van der Waals surface area contributed by atoms with E-state index in [1.54, 1.807) is 0 Å². The van der Waals surface area contributed by atoms with Crippen molar-refractivity contribution < 1.29 is 0 Å². The van der Waals surface area contributed by atoms with Crippen LogP contribution in [0.2, 0.25) is 0 Å². The SMILES string of the molecule is Cc1cccc(C2CCNCC2c2ccccc2Br)c1. The summed E-state index contributed by atoms with van der Waals surface area (Å²) in [7, 11) is 0. The van der Waals surface area contributed by atoms with Crippen LogP contribution in [0, 0.1) is 6.92 Å². The van der Waals surface area contributed by atoms with Crippen LogP contribution in [0.4, 0.5) is 0 Å². The average Bonchev–Trinajstić information content (AvgIpc) is 2.48. The summed E-state index contributed by atoms with van der Waals surface area (Å²) in [5.41, 5.74) is 4.25. The lowest BCUT2D eigenvalue weighted by Crippen LogP contribution is -2.34. The van der Waals surface area contributed by atoms with Crippen molar-refractivity contribution in [3.05, 3.63) is 69.7 Å². The second-order valence-electron chi connectivity index (χ2n) is 5.64. The van der Waals surface area contributed by atoms with E-state index in [1.165, 1.54) is 27.6 Å². The molecule has 0 bridgehead atoms. The van der Waals surface area contributed by atoms with Gasteiger partial charge in [-0.25, -0.2) is 0 Å². The van der Waals surface area contributed by atoms with Gasteiger partial charge in [-0.2, -0.15) is 0 Å². The lowest BCUT2D eigenvalue weighted by atomic mass is 9.77. The van der Waals surface area contributed by atoms with Gasteiger partial charge in [-0.15, -0.1) is 0 Å². The molecular formula is C18H20BrN. The van der Waals surface area contributed by atoms with Crippen molar-refractivity contribution in [1.82, 2.24) is 5.32 Å². The highest BCUT2D eigenvalue weighted by Gasteiger charge is 2.28. The van der Waals surface area contributed by atoms with E-state index in [9.17, 15) is 0 Å².